The van der Waals surface area contributed by atoms with E-state index in [1.807, 2.05) is 45.9 Å². The average Bonchev–Trinajstić information content (AvgIpc) is 2.61. The number of ether oxygens (including phenoxy) is 2. The molecule has 1 heterocycles. The number of quaternary nitrogens is 1. The topological polar surface area (TPSA) is 72.5 Å². The normalized spacial score (nSPS) is 21.4. The molecule has 1 saturated heterocycles. The number of hydrogen-bond donors (Lipinski definition) is 1. The molecule has 150 valence electrons. The number of rotatable bonds is 5. The van der Waals surface area contributed by atoms with Gasteiger partial charge in [0.15, 0.2) is 0 Å². The molecule has 1 fully saturated rings. The Morgan fingerprint density at radius 2 is 1.93 bits per heavy atom. The lowest BCUT2D eigenvalue weighted by Crippen LogP contribution is -2.94. The van der Waals surface area contributed by atoms with Crippen LogP contribution in [0.4, 0.5) is 4.79 Å². The number of carbonyl (C=O) groups is 2. The van der Waals surface area contributed by atoms with Crippen LogP contribution in [0.1, 0.15) is 52.6 Å². The molecule has 0 spiro atoms. The number of benzene rings is 1. The molecule has 0 bridgehead atoms. The third-order valence-corrected chi connectivity index (χ3v) is 4.76. The van der Waals surface area contributed by atoms with Gasteiger partial charge in [0.25, 0.3) is 0 Å². The fourth-order valence-corrected chi connectivity index (χ4v) is 3.45. The van der Waals surface area contributed by atoms with Crippen molar-refractivity contribution in [2.45, 2.75) is 58.7 Å². The lowest BCUT2D eigenvalue weighted by atomic mass is 9.90. The van der Waals surface area contributed by atoms with Crippen molar-refractivity contribution < 1.29 is 24.4 Å². The van der Waals surface area contributed by atoms with Gasteiger partial charge >= 0.3 is 12.1 Å². The van der Waals surface area contributed by atoms with Gasteiger partial charge in [-0.05, 0) is 41.0 Å². The predicted molar refractivity (Wildman–Crippen MR) is 103 cm³/mol. The largest absolute Gasteiger partial charge is 0.466 e. The van der Waals surface area contributed by atoms with Gasteiger partial charge in [0.05, 0.1) is 13.2 Å². The molecule has 6 heteroatoms. The van der Waals surface area contributed by atoms with E-state index in [1.54, 1.807) is 4.90 Å². The van der Waals surface area contributed by atoms with Crippen LogP contribution < -0.4 is 5.32 Å². The van der Waals surface area contributed by atoms with Crippen LogP contribution in [0.3, 0.4) is 0 Å². The molecule has 0 radical (unpaired) electrons. The zero-order valence-electron chi connectivity index (χ0n) is 17.1. The van der Waals surface area contributed by atoms with Gasteiger partial charge in [-0.2, -0.15) is 0 Å². The molecule has 0 aromatic heterocycles. The van der Waals surface area contributed by atoms with E-state index in [1.165, 1.54) is 5.56 Å². The van der Waals surface area contributed by atoms with Crippen molar-refractivity contribution in [2.24, 2.45) is 5.92 Å². The van der Waals surface area contributed by atoms with Crippen LogP contribution in [0, 0.1) is 5.92 Å². The zero-order chi connectivity index (χ0) is 20.0. The highest BCUT2D eigenvalue weighted by molar-refractivity contribution is 5.74. The molecule has 2 N–H and O–H groups in total. The summed E-state index contributed by atoms with van der Waals surface area (Å²) >= 11 is 0. The van der Waals surface area contributed by atoms with E-state index in [0.29, 0.717) is 26.1 Å². The van der Waals surface area contributed by atoms with Gasteiger partial charge in [-0.3, -0.25) is 4.79 Å². The predicted octanol–water partition coefficient (Wildman–Crippen LogP) is 2.50. The SMILES string of the molecule is CCOC(=O)[C@@H]1CCN(C(=O)OC(C)(C)C)C[C@H]1[NH2+][C@@H](C)c1ccccc1. The number of esters is 1. The summed E-state index contributed by atoms with van der Waals surface area (Å²) in [5, 5.41) is 2.17. The third-order valence-electron chi connectivity index (χ3n) is 4.76. The first-order chi connectivity index (χ1) is 12.7. The summed E-state index contributed by atoms with van der Waals surface area (Å²) in [6, 6.07) is 10.3. The van der Waals surface area contributed by atoms with E-state index in [-0.39, 0.29) is 30.1 Å². The highest BCUT2D eigenvalue weighted by atomic mass is 16.6. The number of hydrogen-bond acceptors (Lipinski definition) is 4. The Bertz CT molecular complexity index is 627. The zero-order valence-corrected chi connectivity index (χ0v) is 17.1. The number of carbonyl (C=O) groups excluding carboxylic acids is 2. The van der Waals surface area contributed by atoms with Gasteiger partial charge in [-0.15, -0.1) is 0 Å². The molecule has 6 nitrogen and oxygen atoms in total. The highest BCUT2D eigenvalue weighted by Crippen LogP contribution is 2.21. The Hall–Kier alpha value is -2.08. The van der Waals surface area contributed by atoms with Crippen LogP contribution in [0.2, 0.25) is 0 Å². The fourth-order valence-electron chi connectivity index (χ4n) is 3.45. The average molecular weight is 378 g/mol. The molecule has 0 unspecified atom stereocenters. The first-order valence-corrected chi connectivity index (χ1v) is 9.75. The van der Waals surface area contributed by atoms with Crippen LogP contribution >= 0.6 is 0 Å². The van der Waals surface area contributed by atoms with Crippen LogP contribution in [0.25, 0.3) is 0 Å². The first-order valence-electron chi connectivity index (χ1n) is 9.75. The quantitative estimate of drug-likeness (QED) is 0.800. The Morgan fingerprint density at radius 1 is 1.26 bits per heavy atom. The summed E-state index contributed by atoms with van der Waals surface area (Å²) in [5.74, 6) is -0.405. The molecule has 0 aliphatic carbocycles. The molecular weight excluding hydrogens is 344 g/mol. The van der Waals surface area contributed by atoms with Gasteiger partial charge in [-0.25, -0.2) is 4.79 Å². The van der Waals surface area contributed by atoms with Gasteiger partial charge in [-0.1, -0.05) is 30.3 Å². The monoisotopic (exact) mass is 377 g/mol. The molecule has 1 amide bonds. The van der Waals surface area contributed by atoms with Crippen LogP contribution in [-0.4, -0.2) is 48.3 Å². The molecule has 27 heavy (non-hydrogen) atoms. The van der Waals surface area contributed by atoms with Gasteiger partial charge in [0.1, 0.15) is 23.6 Å². The van der Waals surface area contributed by atoms with Crippen molar-refractivity contribution in [2.75, 3.05) is 19.7 Å². The van der Waals surface area contributed by atoms with Crippen molar-refractivity contribution in [1.29, 1.82) is 0 Å². The summed E-state index contributed by atoms with van der Waals surface area (Å²) in [6.45, 7) is 10.8. The molecule has 1 aliphatic heterocycles. The summed E-state index contributed by atoms with van der Waals surface area (Å²) in [6.07, 6.45) is 0.261. The summed E-state index contributed by atoms with van der Waals surface area (Å²) in [5.41, 5.74) is 0.653. The number of piperidine rings is 1. The minimum absolute atomic E-state index is 0.0690. The van der Waals surface area contributed by atoms with Crippen molar-refractivity contribution in [3.63, 3.8) is 0 Å². The number of likely N-dealkylation sites (tertiary alicyclic amines) is 1. The maximum atomic E-state index is 12.5. The second-order valence-corrected chi connectivity index (χ2v) is 8.13. The lowest BCUT2D eigenvalue weighted by Gasteiger charge is -2.37. The summed E-state index contributed by atoms with van der Waals surface area (Å²) < 4.78 is 10.8. The number of nitrogens with two attached hydrogens (primary N) is 1. The van der Waals surface area contributed by atoms with E-state index in [4.69, 9.17) is 9.47 Å². The minimum Gasteiger partial charge on any atom is -0.466 e. The van der Waals surface area contributed by atoms with E-state index in [2.05, 4.69) is 24.4 Å². The molecule has 1 aliphatic rings. The smallest absolute Gasteiger partial charge is 0.410 e. The molecule has 0 saturated carbocycles. The Kier molecular flexibility index (Phi) is 7.25. The Morgan fingerprint density at radius 3 is 2.52 bits per heavy atom. The summed E-state index contributed by atoms with van der Waals surface area (Å²) in [4.78, 5) is 26.7. The highest BCUT2D eigenvalue weighted by Gasteiger charge is 2.41. The standard InChI is InChI=1S/C21H32N2O4/c1-6-26-19(24)17-12-13-23(20(25)27-21(3,4)5)14-18(17)22-15(2)16-10-8-7-9-11-16/h7-11,15,17-18,22H,6,12-14H2,1-5H3/p+1/t15-,17+,18+/m0/s1. The molecule has 1 aromatic carbocycles. The van der Waals surface area contributed by atoms with Crippen LogP contribution in [-0.2, 0) is 14.3 Å². The van der Waals surface area contributed by atoms with E-state index >= 15 is 0 Å². The van der Waals surface area contributed by atoms with Gasteiger partial charge in [0.2, 0.25) is 0 Å². The minimum atomic E-state index is -0.536. The third kappa shape index (κ3) is 6.24. The van der Waals surface area contributed by atoms with Gasteiger partial charge < -0.3 is 19.7 Å². The van der Waals surface area contributed by atoms with Crippen molar-refractivity contribution >= 4 is 12.1 Å². The van der Waals surface area contributed by atoms with Crippen molar-refractivity contribution in [3.05, 3.63) is 35.9 Å². The van der Waals surface area contributed by atoms with Crippen LogP contribution in [0.15, 0.2) is 30.3 Å². The maximum Gasteiger partial charge on any atom is 0.410 e. The summed E-state index contributed by atoms with van der Waals surface area (Å²) in [7, 11) is 0. The molecular formula is C21H33N2O4+. The maximum absolute atomic E-state index is 12.5. The second kappa shape index (κ2) is 9.22. The first kappa shape index (κ1) is 21.2. The second-order valence-electron chi connectivity index (χ2n) is 8.13. The Labute approximate surface area is 162 Å². The number of amides is 1. The van der Waals surface area contributed by atoms with Crippen molar-refractivity contribution in [3.8, 4) is 0 Å². The van der Waals surface area contributed by atoms with Gasteiger partial charge in [0, 0.05) is 12.1 Å². The lowest BCUT2D eigenvalue weighted by molar-refractivity contribution is -0.730. The molecule has 1 aromatic rings. The molecule has 2 rings (SSSR count). The molecule has 3 atom stereocenters. The fraction of sp³-hybridized carbons (Fsp3) is 0.619. The van der Waals surface area contributed by atoms with Crippen molar-refractivity contribution in [1.82, 2.24) is 4.90 Å². The van der Waals surface area contributed by atoms with E-state index in [0.717, 1.165) is 0 Å². The Balaban J connectivity index is 2.12. The number of nitrogens with zero attached hydrogens (tertiary/aromatic N) is 1. The van der Waals surface area contributed by atoms with Crippen LogP contribution in [0.5, 0.6) is 0 Å². The van der Waals surface area contributed by atoms with E-state index in [9.17, 15) is 9.59 Å². The van der Waals surface area contributed by atoms with E-state index < -0.39 is 5.60 Å².